The maximum absolute atomic E-state index is 11.5. The van der Waals surface area contributed by atoms with E-state index in [4.69, 9.17) is 39.5 Å². The van der Waals surface area contributed by atoms with Crippen LogP contribution >= 0.6 is 34.8 Å². The molecule has 0 saturated heterocycles. The molecule has 5 heteroatoms. The predicted octanol–water partition coefficient (Wildman–Crippen LogP) is 4.27. The second-order valence-electron chi connectivity index (χ2n) is 3.36. The Labute approximate surface area is 115 Å². The number of rotatable bonds is 2. The molecule has 2 nitrogen and oxygen atoms in total. The molecule has 0 radical (unpaired) electrons. The number of esters is 1. The molecule has 0 unspecified atom stereocenters. The fourth-order valence-corrected chi connectivity index (χ4v) is 1.39. The fourth-order valence-electron chi connectivity index (χ4n) is 1.28. The summed E-state index contributed by atoms with van der Waals surface area (Å²) in [5, 5.41) is 0. The Kier molecular flexibility index (Phi) is 4.87. The fraction of sp³-hybridized carbons (Fsp3) is 0.250. The lowest BCUT2D eigenvalue weighted by atomic mass is 10.1. The Morgan fingerprint density at radius 1 is 1.29 bits per heavy atom. The number of ether oxygens (including phenoxy) is 1. The Bertz CT molecular complexity index is 447. The maximum atomic E-state index is 11.5. The number of halogens is 3. The summed E-state index contributed by atoms with van der Waals surface area (Å²) in [6.45, 7) is 3.65. The molecule has 92 valence electrons. The van der Waals surface area contributed by atoms with Crippen LogP contribution in [0.1, 0.15) is 18.1 Å². The van der Waals surface area contributed by atoms with E-state index in [0.29, 0.717) is 5.76 Å². The molecule has 0 aromatic heterocycles. The molecule has 1 aromatic rings. The van der Waals surface area contributed by atoms with E-state index in [0.717, 1.165) is 11.1 Å². The molecule has 0 aliphatic carbocycles. The molecule has 0 amide bonds. The standard InChI is InChI=1S/C12H11Cl3O2/c1-3-10(17-11(16)12(13,14)15)9-7-5-4-6-8(9)2/h3-7H,1-2H3/b10-3+. The van der Waals surface area contributed by atoms with Crippen molar-refractivity contribution in [3.8, 4) is 0 Å². The molecule has 0 spiro atoms. The van der Waals surface area contributed by atoms with Gasteiger partial charge in [-0.05, 0) is 25.5 Å². The minimum Gasteiger partial charge on any atom is -0.423 e. The van der Waals surface area contributed by atoms with Gasteiger partial charge in [0.2, 0.25) is 0 Å². The lowest BCUT2D eigenvalue weighted by Gasteiger charge is -2.14. The van der Waals surface area contributed by atoms with E-state index < -0.39 is 9.76 Å². The number of hydrogen-bond donors (Lipinski definition) is 0. The number of carbonyl (C=O) groups excluding carboxylic acids is 1. The average Bonchev–Trinajstić information content (AvgIpc) is 2.25. The summed E-state index contributed by atoms with van der Waals surface area (Å²) >= 11 is 16.3. The molecule has 1 rings (SSSR count). The van der Waals surface area contributed by atoms with E-state index in [1.54, 1.807) is 13.0 Å². The van der Waals surface area contributed by atoms with Gasteiger partial charge in [-0.2, -0.15) is 0 Å². The maximum Gasteiger partial charge on any atom is 0.363 e. The van der Waals surface area contributed by atoms with Gasteiger partial charge in [-0.25, -0.2) is 4.79 Å². The number of benzene rings is 1. The molecular formula is C12H11Cl3O2. The van der Waals surface area contributed by atoms with Crippen molar-refractivity contribution < 1.29 is 9.53 Å². The van der Waals surface area contributed by atoms with Crippen LogP contribution in [0.4, 0.5) is 0 Å². The van der Waals surface area contributed by atoms with Crippen molar-refractivity contribution in [3.05, 3.63) is 41.5 Å². The molecule has 17 heavy (non-hydrogen) atoms. The van der Waals surface area contributed by atoms with Crippen LogP contribution in [0, 0.1) is 6.92 Å². The first-order chi connectivity index (χ1) is 7.86. The van der Waals surface area contributed by atoms with Crippen LogP contribution in [0.25, 0.3) is 5.76 Å². The first-order valence-electron chi connectivity index (χ1n) is 4.87. The van der Waals surface area contributed by atoms with Crippen LogP contribution in [0.5, 0.6) is 0 Å². The van der Waals surface area contributed by atoms with E-state index in [1.807, 2.05) is 31.2 Å². The average molecular weight is 294 g/mol. The minimum atomic E-state index is -2.07. The van der Waals surface area contributed by atoms with Crippen LogP contribution < -0.4 is 0 Å². The highest BCUT2D eigenvalue weighted by atomic mass is 35.6. The lowest BCUT2D eigenvalue weighted by Crippen LogP contribution is -2.21. The Hall–Kier alpha value is -0.700. The third kappa shape index (κ3) is 3.91. The van der Waals surface area contributed by atoms with Crippen LogP contribution in [-0.2, 0) is 9.53 Å². The van der Waals surface area contributed by atoms with Crippen LogP contribution in [-0.4, -0.2) is 9.76 Å². The molecule has 0 atom stereocenters. The molecule has 0 fully saturated rings. The minimum absolute atomic E-state index is 0.374. The first-order valence-corrected chi connectivity index (χ1v) is 6.01. The monoisotopic (exact) mass is 292 g/mol. The summed E-state index contributed by atoms with van der Waals surface area (Å²) in [6, 6.07) is 7.47. The normalized spacial score (nSPS) is 12.4. The summed E-state index contributed by atoms with van der Waals surface area (Å²) < 4.78 is 2.98. The lowest BCUT2D eigenvalue weighted by molar-refractivity contribution is -0.135. The SMILES string of the molecule is C/C=C(/OC(=O)C(Cl)(Cl)Cl)c1ccccc1C. The number of alkyl halides is 3. The molecule has 0 saturated carbocycles. The van der Waals surface area contributed by atoms with E-state index in [9.17, 15) is 4.79 Å². The van der Waals surface area contributed by atoms with Crippen LogP contribution in [0.2, 0.25) is 0 Å². The Balaban J connectivity index is 2.97. The van der Waals surface area contributed by atoms with Gasteiger partial charge in [0, 0.05) is 5.56 Å². The highest BCUT2D eigenvalue weighted by molar-refractivity contribution is 6.75. The molecule has 0 aliphatic heterocycles. The molecule has 0 heterocycles. The van der Waals surface area contributed by atoms with Gasteiger partial charge in [0.1, 0.15) is 5.76 Å². The summed E-state index contributed by atoms with van der Waals surface area (Å²) in [5.74, 6) is -0.543. The van der Waals surface area contributed by atoms with Gasteiger partial charge in [0.05, 0.1) is 0 Å². The van der Waals surface area contributed by atoms with Gasteiger partial charge in [-0.3, -0.25) is 0 Å². The second kappa shape index (κ2) is 5.76. The molecule has 1 aromatic carbocycles. The summed E-state index contributed by atoms with van der Waals surface area (Å²) in [7, 11) is 0. The Morgan fingerprint density at radius 2 is 1.88 bits per heavy atom. The van der Waals surface area contributed by atoms with E-state index in [2.05, 4.69) is 0 Å². The van der Waals surface area contributed by atoms with Gasteiger partial charge < -0.3 is 4.74 Å². The summed E-state index contributed by atoms with van der Waals surface area (Å²) in [5.41, 5.74) is 1.76. The molecule has 0 bridgehead atoms. The molecular weight excluding hydrogens is 282 g/mol. The van der Waals surface area contributed by atoms with Gasteiger partial charge in [0.25, 0.3) is 3.79 Å². The summed E-state index contributed by atoms with van der Waals surface area (Å²) in [6.07, 6.45) is 1.65. The van der Waals surface area contributed by atoms with Crippen molar-refractivity contribution in [1.82, 2.24) is 0 Å². The zero-order valence-corrected chi connectivity index (χ0v) is 11.6. The quantitative estimate of drug-likeness (QED) is 0.462. The number of allylic oxidation sites excluding steroid dienone is 1. The predicted molar refractivity (Wildman–Crippen MR) is 71.2 cm³/mol. The zero-order valence-electron chi connectivity index (χ0n) is 9.34. The van der Waals surface area contributed by atoms with Crippen molar-refractivity contribution in [2.75, 3.05) is 0 Å². The zero-order chi connectivity index (χ0) is 13.1. The first kappa shape index (κ1) is 14.4. The highest BCUT2D eigenvalue weighted by Crippen LogP contribution is 2.30. The van der Waals surface area contributed by atoms with Crippen molar-refractivity contribution in [1.29, 1.82) is 0 Å². The smallest absolute Gasteiger partial charge is 0.363 e. The molecule has 0 aliphatic rings. The topological polar surface area (TPSA) is 26.3 Å². The Morgan fingerprint density at radius 3 is 2.35 bits per heavy atom. The van der Waals surface area contributed by atoms with Crippen molar-refractivity contribution in [3.63, 3.8) is 0 Å². The third-order valence-corrected chi connectivity index (χ3v) is 2.57. The van der Waals surface area contributed by atoms with Gasteiger partial charge >= 0.3 is 5.97 Å². The number of carbonyl (C=O) groups is 1. The number of aryl methyl sites for hydroxylation is 1. The number of hydrogen-bond acceptors (Lipinski definition) is 2. The summed E-state index contributed by atoms with van der Waals surface area (Å²) in [4.78, 5) is 11.5. The van der Waals surface area contributed by atoms with E-state index in [1.165, 1.54) is 0 Å². The van der Waals surface area contributed by atoms with Crippen LogP contribution in [0.15, 0.2) is 30.3 Å². The van der Waals surface area contributed by atoms with Crippen molar-refractivity contribution >= 4 is 46.5 Å². The van der Waals surface area contributed by atoms with Gasteiger partial charge in [0.15, 0.2) is 0 Å². The molecule has 0 N–H and O–H groups in total. The highest BCUT2D eigenvalue weighted by Gasteiger charge is 2.33. The van der Waals surface area contributed by atoms with E-state index >= 15 is 0 Å². The van der Waals surface area contributed by atoms with Crippen molar-refractivity contribution in [2.24, 2.45) is 0 Å². The van der Waals surface area contributed by atoms with Gasteiger partial charge in [-0.15, -0.1) is 0 Å². The third-order valence-electron chi connectivity index (χ3n) is 2.11. The van der Waals surface area contributed by atoms with E-state index in [-0.39, 0.29) is 0 Å². The van der Waals surface area contributed by atoms with Crippen molar-refractivity contribution in [2.45, 2.75) is 17.6 Å². The van der Waals surface area contributed by atoms with Gasteiger partial charge in [-0.1, -0.05) is 59.1 Å². The second-order valence-corrected chi connectivity index (χ2v) is 5.64. The van der Waals surface area contributed by atoms with Crippen LogP contribution in [0.3, 0.4) is 0 Å². The largest absolute Gasteiger partial charge is 0.423 e.